The Morgan fingerprint density at radius 3 is 2.50 bits per heavy atom. The lowest BCUT2D eigenvalue weighted by Gasteiger charge is -2.26. The van der Waals surface area contributed by atoms with E-state index < -0.39 is 22.1 Å². The van der Waals surface area contributed by atoms with Crippen molar-refractivity contribution in [3.05, 3.63) is 40.4 Å². The van der Waals surface area contributed by atoms with E-state index in [9.17, 15) is 21.6 Å². The molecule has 0 aliphatic heterocycles. The van der Waals surface area contributed by atoms with Gasteiger partial charge in [0.05, 0.1) is 17.9 Å². The number of rotatable bonds is 8. The Balaban J connectivity index is 2.51. The number of oxime groups is 1. The van der Waals surface area contributed by atoms with Gasteiger partial charge < -0.3 is 4.84 Å². The number of nitrogens with zero attached hydrogens (tertiary/aromatic N) is 2. The van der Waals surface area contributed by atoms with Gasteiger partial charge in [-0.1, -0.05) is 28.4 Å². The van der Waals surface area contributed by atoms with Crippen LogP contribution >= 0.6 is 11.6 Å². The van der Waals surface area contributed by atoms with Crippen LogP contribution in [-0.2, 0) is 14.9 Å². The summed E-state index contributed by atoms with van der Waals surface area (Å²) in [7, 11) is -5.63. The lowest BCUT2D eigenvalue weighted by molar-refractivity contribution is -0.0437. The molecular weight excluding hydrogens is 417 g/mol. The molecule has 0 N–H and O–H groups in total. The third-order valence-corrected chi connectivity index (χ3v) is 5.82. The highest BCUT2D eigenvalue weighted by molar-refractivity contribution is 7.93. The first kappa shape index (κ1) is 22.5. The fraction of sp³-hybridized carbons (Fsp3) is 0.500. The zero-order valence-electron chi connectivity index (χ0n) is 15.8. The van der Waals surface area contributed by atoms with E-state index in [4.69, 9.17) is 16.4 Å². The summed E-state index contributed by atoms with van der Waals surface area (Å²) in [6.45, 7) is 4.80. The van der Waals surface area contributed by atoms with E-state index in [0.717, 1.165) is 12.8 Å². The third-order valence-electron chi connectivity index (χ3n) is 4.07. The van der Waals surface area contributed by atoms with Crippen molar-refractivity contribution in [3.8, 4) is 0 Å². The summed E-state index contributed by atoms with van der Waals surface area (Å²) >= 11 is 5.99. The zero-order chi connectivity index (χ0) is 21.1. The molecule has 5 nitrogen and oxygen atoms in total. The summed E-state index contributed by atoms with van der Waals surface area (Å²) in [6.07, 6.45) is 3.51. The molecule has 1 saturated carbocycles. The summed E-state index contributed by atoms with van der Waals surface area (Å²) in [4.78, 5) is 5.24. The van der Waals surface area contributed by atoms with Gasteiger partial charge in [0.25, 0.3) is 0 Å². The van der Waals surface area contributed by atoms with Crippen LogP contribution in [-0.4, -0.2) is 32.8 Å². The van der Waals surface area contributed by atoms with E-state index in [0.29, 0.717) is 22.4 Å². The Kier molecular flexibility index (Phi) is 7.03. The second-order valence-corrected chi connectivity index (χ2v) is 9.13. The van der Waals surface area contributed by atoms with Gasteiger partial charge in [-0.15, -0.1) is 0 Å². The van der Waals surface area contributed by atoms with Crippen LogP contribution in [0.4, 0.5) is 18.9 Å². The van der Waals surface area contributed by atoms with Crippen LogP contribution < -0.4 is 4.31 Å². The van der Waals surface area contributed by atoms with Crippen LogP contribution in [0, 0.1) is 5.92 Å². The Bertz CT molecular complexity index is 875. The fourth-order valence-electron chi connectivity index (χ4n) is 2.31. The van der Waals surface area contributed by atoms with Crippen LogP contribution in [0.25, 0.3) is 0 Å². The highest BCUT2D eigenvalue weighted by Crippen LogP contribution is 2.34. The fourth-order valence-corrected chi connectivity index (χ4v) is 3.42. The van der Waals surface area contributed by atoms with E-state index in [-0.39, 0.29) is 22.0 Å². The molecule has 28 heavy (non-hydrogen) atoms. The molecule has 0 atom stereocenters. The van der Waals surface area contributed by atoms with Gasteiger partial charge in [-0.25, -0.2) is 0 Å². The highest BCUT2D eigenvalue weighted by atomic mass is 35.5. The van der Waals surface area contributed by atoms with Crippen molar-refractivity contribution in [1.29, 1.82) is 0 Å². The summed E-state index contributed by atoms with van der Waals surface area (Å²) in [5.74, 6) is 0.440. The first-order valence-electron chi connectivity index (χ1n) is 8.62. The number of halogens is 4. The minimum Gasteiger partial charge on any atom is -0.395 e. The van der Waals surface area contributed by atoms with Gasteiger partial charge in [-0.3, -0.25) is 4.31 Å². The molecule has 0 radical (unpaired) electrons. The van der Waals surface area contributed by atoms with Crippen molar-refractivity contribution in [2.45, 2.75) is 39.1 Å². The van der Waals surface area contributed by atoms with Crippen LogP contribution in [0.3, 0.4) is 0 Å². The van der Waals surface area contributed by atoms with Crippen molar-refractivity contribution >= 4 is 33.0 Å². The van der Waals surface area contributed by atoms with Crippen molar-refractivity contribution in [2.24, 2.45) is 11.1 Å². The largest absolute Gasteiger partial charge is 0.516 e. The second-order valence-electron chi connectivity index (χ2n) is 6.84. The second kappa shape index (κ2) is 8.73. The van der Waals surface area contributed by atoms with Gasteiger partial charge in [0, 0.05) is 10.6 Å². The van der Waals surface area contributed by atoms with Crippen molar-refractivity contribution in [1.82, 2.24) is 0 Å². The van der Waals surface area contributed by atoms with E-state index in [1.54, 1.807) is 13.8 Å². The molecule has 0 bridgehead atoms. The molecule has 0 unspecified atom stereocenters. The standard InChI is InChI=1S/C18H22ClF3N2O3S/c1-12(2)8-9-24(28(25,26)18(20,21)22)17-7-6-15(19)10-16(17)13(3)23-27-11-14-4-5-14/h6-8,10,14H,4-5,9,11H2,1-3H3. The number of allylic oxidation sites excluding steroid dienone is 1. The summed E-state index contributed by atoms with van der Waals surface area (Å²) < 4.78 is 64.5. The maximum Gasteiger partial charge on any atom is 0.516 e. The minimum atomic E-state index is -5.63. The highest BCUT2D eigenvalue weighted by Gasteiger charge is 2.50. The van der Waals surface area contributed by atoms with Crippen molar-refractivity contribution in [3.63, 3.8) is 0 Å². The first-order valence-corrected chi connectivity index (χ1v) is 10.4. The number of hydrogen-bond acceptors (Lipinski definition) is 4. The Morgan fingerprint density at radius 2 is 1.96 bits per heavy atom. The molecule has 2 rings (SSSR count). The van der Waals surface area contributed by atoms with Crippen LogP contribution in [0.5, 0.6) is 0 Å². The maximum absolute atomic E-state index is 13.3. The van der Waals surface area contributed by atoms with Crippen LogP contribution in [0.1, 0.15) is 39.2 Å². The average molecular weight is 439 g/mol. The van der Waals surface area contributed by atoms with E-state index >= 15 is 0 Å². The molecule has 0 aromatic heterocycles. The topological polar surface area (TPSA) is 59.0 Å². The number of alkyl halides is 3. The Hall–Kier alpha value is -1.74. The molecular formula is C18H22ClF3N2O3S. The predicted molar refractivity (Wildman–Crippen MR) is 104 cm³/mol. The quantitative estimate of drug-likeness (QED) is 0.322. The first-order chi connectivity index (χ1) is 12.9. The van der Waals surface area contributed by atoms with E-state index in [2.05, 4.69) is 5.16 Å². The zero-order valence-corrected chi connectivity index (χ0v) is 17.3. The predicted octanol–water partition coefficient (Wildman–Crippen LogP) is 5.11. The molecule has 0 spiro atoms. The maximum atomic E-state index is 13.3. The molecule has 1 aliphatic carbocycles. The molecule has 156 valence electrons. The Morgan fingerprint density at radius 1 is 1.32 bits per heavy atom. The van der Waals surface area contributed by atoms with Gasteiger partial charge in [0.15, 0.2) is 0 Å². The third kappa shape index (κ3) is 5.64. The van der Waals surface area contributed by atoms with Gasteiger partial charge in [0.1, 0.15) is 6.61 Å². The average Bonchev–Trinajstić information content (AvgIpc) is 3.38. The van der Waals surface area contributed by atoms with Crippen molar-refractivity contribution < 1.29 is 26.4 Å². The SMILES string of the molecule is CC(C)=CCN(c1ccc(Cl)cc1C(C)=NOCC1CC1)S(=O)(=O)C(F)(F)F. The number of hydrogen-bond donors (Lipinski definition) is 0. The normalized spacial score (nSPS) is 15.3. The molecule has 1 aromatic carbocycles. The van der Waals surface area contributed by atoms with Gasteiger partial charge >= 0.3 is 15.5 Å². The Labute approximate surface area is 167 Å². The number of anilines is 1. The molecule has 1 aliphatic rings. The van der Waals surface area contributed by atoms with Crippen molar-refractivity contribution in [2.75, 3.05) is 17.5 Å². The number of sulfonamides is 1. The summed E-state index contributed by atoms with van der Waals surface area (Å²) in [5, 5.41) is 4.18. The minimum absolute atomic E-state index is 0.151. The number of benzene rings is 1. The summed E-state index contributed by atoms with van der Waals surface area (Å²) in [5.41, 5.74) is -4.56. The molecule has 1 aromatic rings. The smallest absolute Gasteiger partial charge is 0.395 e. The van der Waals surface area contributed by atoms with E-state index in [1.807, 2.05) is 0 Å². The van der Waals surface area contributed by atoms with Gasteiger partial charge in [0.2, 0.25) is 0 Å². The lowest BCUT2D eigenvalue weighted by atomic mass is 10.1. The summed E-state index contributed by atoms with van der Waals surface area (Å²) in [6, 6.07) is 3.94. The van der Waals surface area contributed by atoms with Crippen LogP contribution in [0.2, 0.25) is 5.02 Å². The van der Waals surface area contributed by atoms with Crippen LogP contribution in [0.15, 0.2) is 35.0 Å². The lowest BCUT2D eigenvalue weighted by Crippen LogP contribution is -2.41. The van der Waals surface area contributed by atoms with Gasteiger partial charge in [-0.05, 0) is 57.7 Å². The molecule has 0 heterocycles. The molecule has 10 heteroatoms. The molecule has 0 saturated heterocycles. The monoisotopic (exact) mass is 438 g/mol. The molecule has 1 fully saturated rings. The molecule has 0 amide bonds. The van der Waals surface area contributed by atoms with Gasteiger partial charge in [-0.2, -0.15) is 21.6 Å². The van der Waals surface area contributed by atoms with E-state index in [1.165, 1.54) is 31.2 Å².